The Labute approximate surface area is 151 Å². The third-order valence-electron chi connectivity index (χ3n) is 5.39. The molecular formula is C19H22BrN3O. The molecular weight excluding hydrogens is 366 g/mol. The minimum absolute atomic E-state index is 0.105. The summed E-state index contributed by atoms with van der Waals surface area (Å²) in [6.07, 6.45) is 6.92. The first-order chi connectivity index (χ1) is 11.6. The highest BCUT2D eigenvalue weighted by Gasteiger charge is 2.41. The number of nitrogens with one attached hydrogen (secondary N) is 2. The number of hydrogen-bond donors (Lipinski definition) is 2. The van der Waals surface area contributed by atoms with Gasteiger partial charge in [0.15, 0.2) is 0 Å². The molecule has 5 heteroatoms. The number of halogens is 1. The van der Waals surface area contributed by atoms with Crippen LogP contribution in [0.3, 0.4) is 0 Å². The second-order valence-electron chi connectivity index (χ2n) is 6.92. The molecule has 2 saturated carbocycles. The maximum atomic E-state index is 12.2. The fourth-order valence-electron chi connectivity index (χ4n) is 4.12. The normalized spacial score (nSPS) is 26.7. The van der Waals surface area contributed by atoms with E-state index in [9.17, 15) is 10.1 Å². The molecule has 0 aliphatic heterocycles. The summed E-state index contributed by atoms with van der Waals surface area (Å²) in [5.74, 6) is 1.99. The first-order valence-electron chi connectivity index (χ1n) is 8.50. The summed E-state index contributed by atoms with van der Waals surface area (Å²) in [4.78, 5) is 12.2. The van der Waals surface area contributed by atoms with Gasteiger partial charge in [-0.2, -0.15) is 5.26 Å². The van der Waals surface area contributed by atoms with Crippen LogP contribution in [0.25, 0.3) is 0 Å². The van der Waals surface area contributed by atoms with Gasteiger partial charge >= 0.3 is 0 Å². The molecule has 0 aromatic heterocycles. The van der Waals surface area contributed by atoms with E-state index in [1.807, 2.05) is 18.2 Å². The Kier molecular flexibility index (Phi) is 5.25. The van der Waals surface area contributed by atoms with Crippen LogP contribution < -0.4 is 10.6 Å². The molecule has 2 N–H and O–H groups in total. The van der Waals surface area contributed by atoms with Gasteiger partial charge in [-0.05, 0) is 68.2 Å². The molecule has 3 rings (SSSR count). The van der Waals surface area contributed by atoms with Gasteiger partial charge in [0, 0.05) is 22.4 Å². The quantitative estimate of drug-likeness (QED) is 0.587. The molecule has 4 nitrogen and oxygen atoms in total. The van der Waals surface area contributed by atoms with Crippen molar-refractivity contribution in [3.8, 4) is 6.07 Å². The molecule has 2 aliphatic carbocycles. The number of carbonyl (C=O) groups is 1. The molecule has 2 fully saturated rings. The fraction of sp³-hybridized carbons (Fsp3) is 0.474. The summed E-state index contributed by atoms with van der Waals surface area (Å²) in [6, 6.07) is 9.57. The lowest BCUT2D eigenvalue weighted by atomic mass is 9.84. The van der Waals surface area contributed by atoms with Gasteiger partial charge in [-0.15, -0.1) is 0 Å². The van der Waals surface area contributed by atoms with E-state index >= 15 is 0 Å². The number of nitriles is 1. The predicted molar refractivity (Wildman–Crippen MR) is 98.0 cm³/mol. The van der Waals surface area contributed by atoms with Crippen molar-refractivity contribution < 1.29 is 4.79 Å². The van der Waals surface area contributed by atoms with E-state index in [0.717, 1.165) is 16.3 Å². The lowest BCUT2D eigenvalue weighted by Gasteiger charge is -2.28. The summed E-state index contributed by atoms with van der Waals surface area (Å²) in [5.41, 5.74) is 0.776. The Morgan fingerprint density at radius 3 is 2.67 bits per heavy atom. The van der Waals surface area contributed by atoms with Gasteiger partial charge in [0.25, 0.3) is 5.91 Å². The van der Waals surface area contributed by atoms with Gasteiger partial charge < -0.3 is 10.6 Å². The van der Waals surface area contributed by atoms with Gasteiger partial charge in [-0.3, -0.25) is 4.79 Å². The maximum Gasteiger partial charge on any atom is 0.267 e. The SMILES string of the molecule is CC(N/C=C(/C#N)C(=O)Nc1ccc(Br)cc1)C1CC2CCC1C2. The number of benzene rings is 1. The van der Waals surface area contributed by atoms with Crippen molar-refractivity contribution in [1.82, 2.24) is 5.32 Å². The molecule has 4 unspecified atom stereocenters. The summed E-state index contributed by atoms with van der Waals surface area (Å²) >= 11 is 3.35. The first-order valence-corrected chi connectivity index (χ1v) is 9.29. The molecule has 0 saturated heterocycles. The smallest absolute Gasteiger partial charge is 0.267 e. The number of rotatable bonds is 5. The summed E-state index contributed by atoms with van der Waals surface area (Å²) in [7, 11) is 0. The van der Waals surface area contributed by atoms with Crippen LogP contribution in [-0.2, 0) is 4.79 Å². The third-order valence-corrected chi connectivity index (χ3v) is 5.92. The van der Waals surface area contributed by atoms with Gasteiger partial charge in [0.05, 0.1) is 0 Å². The zero-order chi connectivity index (χ0) is 17.1. The van der Waals surface area contributed by atoms with Crippen LogP contribution >= 0.6 is 15.9 Å². The van der Waals surface area contributed by atoms with E-state index in [2.05, 4.69) is 33.5 Å². The van der Waals surface area contributed by atoms with Crippen LogP contribution in [0.5, 0.6) is 0 Å². The van der Waals surface area contributed by atoms with Crippen LogP contribution in [0.15, 0.2) is 40.5 Å². The van der Waals surface area contributed by atoms with Crippen LogP contribution in [0, 0.1) is 29.1 Å². The van der Waals surface area contributed by atoms with Crippen molar-refractivity contribution in [3.63, 3.8) is 0 Å². The third kappa shape index (κ3) is 3.81. The first kappa shape index (κ1) is 17.0. The lowest BCUT2D eigenvalue weighted by Crippen LogP contribution is -2.33. The summed E-state index contributed by atoms with van der Waals surface area (Å²) < 4.78 is 0.943. The van der Waals surface area contributed by atoms with Crippen LogP contribution in [0.4, 0.5) is 5.69 Å². The zero-order valence-corrected chi connectivity index (χ0v) is 15.3. The Morgan fingerprint density at radius 2 is 2.08 bits per heavy atom. The highest BCUT2D eigenvalue weighted by molar-refractivity contribution is 9.10. The highest BCUT2D eigenvalue weighted by atomic mass is 79.9. The number of fused-ring (bicyclic) bond motifs is 2. The molecule has 0 spiro atoms. The Hall–Kier alpha value is -1.80. The second-order valence-corrected chi connectivity index (χ2v) is 7.84. The molecule has 0 radical (unpaired) electrons. The van der Waals surface area contributed by atoms with E-state index in [-0.39, 0.29) is 11.5 Å². The van der Waals surface area contributed by atoms with E-state index in [4.69, 9.17) is 0 Å². The van der Waals surface area contributed by atoms with E-state index in [1.54, 1.807) is 18.3 Å². The molecule has 4 atom stereocenters. The monoisotopic (exact) mass is 387 g/mol. The van der Waals surface area contributed by atoms with Gasteiger partial charge in [-0.1, -0.05) is 22.4 Å². The molecule has 126 valence electrons. The average Bonchev–Trinajstić information content (AvgIpc) is 3.20. The molecule has 1 aromatic carbocycles. The Morgan fingerprint density at radius 1 is 1.33 bits per heavy atom. The van der Waals surface area contributed by atoms with Crippen LogP contribution in [-0.4, -0.2) is 11.9 Å². The molecule has 1 aromatic rings. The van der Waals surface area contributed by atoms with Gasteiger partial charge in [-0.25, -0.2) is 0 Å². The largest absolute Gasteiger partial charge is 0.387 e. The number of carbonyl (C=O) groups excluding carboxylic acids is 1. The van der Waals surface area contributed by atoms with E-state index < -0.39 is 0 Å². The standard InChI is InChI=1S/C19H22BrN3O/c1-12(18-9-13-2-3-14(18)8-13)22-11-15(10-21)19(24)23-17-6-4-16(20)5-7-17/h4-7,11-14,18,22H,2-3,8-9H2,1H3,(H,23,24)/b15-11-. The number of anilines is 1. The van der Waals surface area contributed by atoms with E-state index in [0.29, 0.717) is 17.6 Å². The van der Waals surface area contributed by atoms with Crippen molar-refractivity contribution >= 4 is 27.5 Å². The lowest BCUT2D eigenvalue weighted by molar-refractivity contribution is -0.112. The number of amides is 1. The molecule has 0 heterocycles. The highest BCUT2D eigenvalue weighted by Crippen LogP contribution is 2.49. The molecule has 24 heavy (non-hydrogen) atoms. The minimum Gasteiger partial charge on any atom is -0.387 e. The van der Waals surface area contributed by atoms with Crippen molar-refractivity contribution in [2.45, 2.75) is 38.6 Å². The topological polar surface area (TPSA) is 64.9 Å². The van der Waals surface area contributed by atoms with Crippen molar-refractivity contribution in [2.24, 2.45) is 17.8 Å². The Balaban J connectivity index is 1.58. The van der Waals surface area contributed by atoms with Crippen molar-refractivity contribution in [2.75, 3.05) is 5.32 Å². The van der Waals surface area contributed by atoms with Crippen molar-refractivity contribution in [1.29, 1.82) is 5.26 Å². The number of hydrogen-bond acceptors (Lipinski definition) is 3. The zero-order valence-electron chi connectivity index (χ0n) is 13.8. The average molecular weight is 388 g/mol. The molecule has 2 aliphatic rings. The summed E-state index contributed by atoms with van der Waals surface area (Å²) in [5, 5.41) is 15.3. The number of nitrogens with zero attached hydrogens (tertiary/aromatic N) is 1. The summed E-state index contributed by atoms with van der Waals surface area (Å²) in [6.45, 7) is 2.16. The predicted octanol–water partition coefficient (Wildman–Crippen LogP) is 4.21. The Bertz CT molecular complexity index is 677. The fourth-order valence-corrected chi connectivity index (χ4v) is 4.39. The van der Waals surface area contributed by atoms with Gasteiger partial charge in [0.1, 0.15) is 11.6 Å². The van der Waals surface area contributed by atoms with Crippen LogP contribution in [0.2, 0.25) is 0 Å². The van der Waals surface area contributed by atoms with Crippen molar-refractivity contribution in [3.05, 3.63) is 40.5 Å². The minimum atomic E-state index is -0.382. The van der Waals surface area contributed by atoms with Gasteiger partial charge in [0.2, 0.25) is 0 Å². The van der Waals surface area contributed by atoms with E-state index in [1.165, 1.54) is 25.7 Å². The second kappa shape index (κ2) is 7.40. The molecule has 1 amide bonds. The molecule has 2 bridgehead atoms. The maximum absolute atomic E-state index is 12.2. The van der Waals surface area contributed by atoms with Crippen LogP contribution in [0.1, 0.15) is 32.6 Å².